The second-order valence-corrected chi connectivity index (χ2v) is 5.46. The third-order valence-corrected chi connectivity index (χ3v) is 3.42. The Hall–Kier alpha value is -1.87. The van der Waals surface area contributed by atoms with Crippen LogP contribution in [0.2, 0.25) is 5.15 Å². The first kappa shape index (κ1) is 15.5. The number of hydrogen-bond donors (Lipinski definition) is 0. The van der Waals surface area contributed by atoms with Crippen LogP contribution >= 0.6 is 11.6 Å². The summed E-state index contributed by atoms with van der Waals surface area (Å²) in [6.07, 6.45) is 3.97. The van der Waals surface area contributed by atoms with Gasteiger partial charge in [-0.3, -0.25) is 0 Å². The van der Waals surface area contributed by atoms with Gasteiger partial charge in [-0.05, 0) is 19.9 Å². The van der Waals surface area contributed by atoms with E-state index in [0.717, 1.165) is 16.9 Å². The van der Waals surface area contributed by atoms with Crippen molar-refractivity contribution in [2.24, 2.45) is 0 Å². The predicted octanol–water partition coefficient (Wildman–Crippen LogP) is 5.39. The maximum absolute atomic E-state index is 6.19. The van der Waals surface area contributed by atoms with E-state index in [-0.39, 0.29) is 5.92 Å². The zero-order valence-corrected chi connectivity index (χ0v) is 13.5. The molecule has 2 rings (SSSR count). The van der Waals surface area contributed by atoms with Crippen LogP contribution in [0.15, 0.2) is 30.3 Å². The number of nitrogens with zero attached hydrogens (tertiary/aromatic N) is 2. The van der Waals surface area contributed by atoms with Gasteiger partial charge in [0.2, 0.25) is 5.88 Å². The number of hydrogen-bond acceptors (Lipinski definition) is 3. The Morgan fingerprint density at radius 1 is 1.19 bits per heavy atom. The first-order valence-corrected chi connectivity index (χ1v) is 7.34. The first-order valence-electron chi connectivity index (χ1n) is 6.96. The van der Waals surface area contributed by atoms with E-state index in [2.05, 4.69) is 9.97 Å². The highest BCUT2D eigenvalue weighted by Gasteiger charge is 2.14. The van der Waals surface area contributed by atoms with E-state index >= 15 is 0 Å². The predicted molar refractivity (Wildman–Crippen MR) is 87.1 cm³/mol. The average Bonchev–Trinajstić information content (AvgIpc) is 2.45. The number of allylic oxidation sites excluding steroid dienone is 1. The van der Waals surface area contributed by atoms with Crippen molar-refractivity contribution in [2.75, 3.05) is 0 Å². The molecule has 0 bridgehead atoms. The Morgan fingerprint density at radius 2 is 1.90 bits per heavy atom. The second kappa shape index (κ2) is 6.72. The minimum atomic E-state index is 0.191. The maximum Gasteiger partial charge on any atom is 0.227 e. The van der Waals surface area contributed by atoms with Gasteiger partial charge in [-0.1, -0.05) is 55.8 Å². The van der Waals surface area contributed by atoms with Gasteiger partial charge < -0.3 is 4.74 Å². The van der Waals surface area contributed by atoms with Gasteiger partial charge in [0.15, 0.2) is 0 Å². The molecule has 0 saturated carbocycles. The topological polar surface area (TPSA) is 35.0 Å². The second-order valence-electron chi connectivity index (χ2n) is 5.10. The van der Waals surface area contributed by atoms with Crippen LogP contribution in [0, 0.1) is 6.92 Å². The van der Waals surface area contributed by atoms with Crippen LogP contribution < -0.4 is 4.74 Å². The average molecular weight is 303 g/mol. The summed E-state index contributed by atoms with van der Waals surface area (Å²) in [4.78, 5) is 8.78. The fraction of sp³-hybridized carbons (Fsp3) is 0.294. The van der Waals surface area contributed by atoms with E-state index in [9.17, 15) is 0 Å². The van der Waals surface area contributed by atoms with Gasteiger partial charge in [-0.25, -0.2) is 4.98 Å². The summed E-state index contributed by atoms with van der Waals surface area (Å²) >= 11 is 6.19. The highest BCUT2D eigenvalue weighted by Crippen LogP contribution is 2.30. The molecule has 0 saturated heterocycles. The molecule has 0 atom stereocenters. The molecule has 0 aliphatic heterocycles. The van der Waals surface area contributed by atoms with E-state index in [4.69, 9.17) is 16.3 Å². The van der Waals surface area contributed by atoms with E-state index < -0.39 is 0 Å². The summed E-state index contributed by atoms with van der Waals surface area (Å²) in [5, 5.41) is 0.437. The molecule has 110 valence electrons. The van der Waals surface area contributed by atoms with Crippen LogP contribution in [-0.4, -0.2) is 9.97 Å². The van der Waals surface area contributed by atoms with Crippen molar-refractivity contribution in [3.63, 3.8) is 0 Å². The fourth-order valence-electron chi connectivity index (χ4n) is 1.84. The number of rotatable bonds is 4. The van der Waals surface area contributed by atoms with Crippen molar-refractivity contribution in [3.05, 3.63) is 52.4 Å². The molecule has 21 heavy (non-hydrogen) atoms. The molecule has 0 amide bonds. The third kappa shape index (κ3) is 3.61. The van der Waals surface area contributed by atoms with Gasteiger partial charge in [0.1, 0.15) is 16.7 Å². The SMILES string of the molecule is C/C=C/c1ccccc1Oc1nc(C(C)C)nc(Cl)c1C. The molecule has 1 heterocycles. The summed E-state index contributed by atoms with van der Waals surface area (Å²) in [6, 6.07) is 7.82. The molecule has 0 fully saturated rings. The van der Waals surface area contributed by atoms with E-state index in [1.54, 1.807) is 0 Å². The number of aromatic nitrogens is 2. The maximum atomic E-state index is 6.19. The minimum Gasteiger partial charge on any atom is -0.438 e. The normalized spacial score (nSPS) is 11.3. The molecule has 0 aliphatic rings. The van der Waals surface area contributed by atoms with Gasteiger partial charge in [-0.15, -0.1) is 0 Å². The molecule has 0 aliphatic carbocycles. The van der Waals surface area contributed by atoms with Gasteiger partial charge in [-0.2, -0.15) is 4.98 Å². The van der Waals surface area contributed by atoms with Gasteiger partial charge in [0, 0.05) is 17.0 Å². The van der Waals surface area contributed by atoms with Crippen molar-refractivity contribution in [1.82, 2.24) is 9.97 Å². The summed E-state index contributed by atoms with van der Waals surface area (Å²) in [6.45, 7) is 7.89. The van der Waals surface area contributed by atoms with Crippen molar-refractivity contribution in [1.29, 1.82) is 0 Å². The Morgan fingerprint density at radius 3 is 2.57 bits per heavy atom. The molecule has 0 spiro atoms. The molecular weight excluding hydrogens is 284 g/mol. The zero-order valence-electron chi connectivity index (χ0n) is 12.7. The smallest absolute Gasteiger partial charge is 0.227 e. The Balaban J connectivity index is 2.44. The van der Waals surface area contributed by atoms with E-state index in [0.29, 0.717) is 16.9 Å². The van der Waals surface area contributed by atoms with Gasteiger partial charge in [0.25, 0.3) is 0 Å². The summed E-state index contributed by atoms with van der Waals surface area (Å²) in [7, 11) is 0. The zero-order chi connectivity index (χ0) is 15.4. The standard InChI is InChI=1S/C17H19ClN2O/c1-5-8-13-9-6-7-10-14(13)21-17-12(4)15(18)19-16(20-17)11(2)3/h5-11H,1-4H3/b8-5+. The van der Waals surface area contributed by atoms with Crippen molar-refractivity contribution in [2.45, 2.75) is 33.6 Å². The molecule has 0 unspecified atom stereocenters. The summed E-state index contributed by atoms with van der Waals surface area (Å²) in [5.74, 6) is 2.14. The highest BCUT2D eigenvalue weighted by molar-refractivity contribution is 6.30. The van der Waals surface area contributed by atoms with E-state index in [1.807, 2.05) is 64.1 Å². The lowest BCUT2D eigenvalue weighted by molar-refractivity contribution is 0.451. The fourth-order valence-corrected chi connectivity index (χ4v) is 2.01. The van der Waals surface area contributed by atoms with Crippen molar-refractivity contribution in [3.8, 4) is 11.6 Å². The Labute approximate surface area is 130 Å². The highest BCUT2D eigenvalue weighted by atomic mass is 35.5. The lowest BCUT2D eigenvalue weighted by atomic mass is 10.2. The van der Waals surface area contributed by atoms with Gasteiger partial charge in [0.05, 0.1) is 0 Å². The molecule has 1 aromatic heterocycles. The molecule has 1 aromatic carbocycles. The lowest BCUT2D eigenvalue weighted by Gasteiger charge is -2.13. The van der Waals surface area contributed by atoms with Crippen LogP contribution in [0.25, 0.3) is 6.08 Å². The number of para-hydroxylation sites is 1. The van der Waals surface area contributed by atoms with Crippen LogP contribution in [0.5, 0.6) is 11.6 Å². The molecule has 4 heteroatoms. The first-order chi connectivity index (χ1) is 10.0. The van der Waals surface area contributed by atoms with Crippen LogP contribution in [0.3, 0.4) is 0 Å². The molecular formula is C17H19ClN2O. The van der Waals surface area contributed by atoms with Crippen molar-refractivity contribution >= 4 is 17.7 Å². The monoisotopic (exact) mass is 302 g/mol. The Bertz CT molecular complexity index is 666. The number of halogens is 1. The largest absolute Gasteiger partial charge is 0.438 e. The van der Waals surface area contributed by atoms with Crippen molar-refractivity contribution < 1.29 is 4.74 Å². The third-order valence-electron chi connectivity index (χ3n) is 3.05. The van der Waals surface area contributed by atoms with Crippen LogP contribution in [0.4, 0.5) is 0 Å². The van der Waals surface area contributed by atoms with Crippen LogP contribution in [-0.2, 0) is 0 Å². The number of ether oxygens (including phenoxy) is 1. The molecule has 0 N–H and O–H groups in total. The minimum absolute atomic E-state index is 0.191. The molecule has 2 aromatic rings. The Kier molecular flexibility index (Phi) is 4.97. The van der Waals surface area contributed by atoms with Gasteiger partial charge >= 0.3 is 0 Å². The summed E-state index contributed by atoms with van der Waals surface area (Å²) < 4.78 is 5.98. The quantitative estimate of drug-likeness (QED) is 0.710. The summed E-state index contributed by atoms with van der Waals surface area (Å²) in [5.41, 5.74) is 1.75. The van der Waals surface area contributed by atoms with E-state index in [1.165, 1.54) is 0 Å². The number of benzene rings is 1. The van der Waals surface area contributed by atoms with Crippen LogP contribution in [0.1, 0.15) is 43.6 Å². The molecule has 3 nitrogen and oxygen atoms in total. The lowest BCUT2D eigenvalue weighted by Crippen LogP contribution is -2.03. The molecule has 0 radical (unpaired) electrons.